The van der Waals surface area contributed by atoms with Gasteiger partial charge >= 0.3 is 0 Å². The van der Waals surface area contributed by atoms with Crippen LogP contribution in [0.5, 0.6) is 0 Å². The molecular weight excluding hydrogens is 254 g/mol. The number of ether oxygens (including phenoxy) is 1. The van der Waals surface area contributed by atoms with Gasteiger partial charge in [-0.2, -0.15) is 0 Å². The molecule has 0 radical (unpaired) electrons. The Kier molecular flexibility index (Phi) is 6.08. The molecule has 1 heterocycles. The molecule has 0 aliphatic carbocycles. The highest BCUT2D eigenvalue weighted by Gasteiger charge is 1.98. The summed E-state index contributed by atoms with van der Waals surface area (Å²) in [5.74, 6) is 0. The second kappa shape index (κ2) is 8.10. The van der Waals surface area contributed by atoms with Crippen LogP contribution in [0.4, 0.5) is 0 Å². The van der Waals surface area contributed by atoms with Gasteiger partial charge in [0.05, 0.1) is 13.2 Å². The summed E-state index contributed by atoms with van der Waals surface area (Å²) >= 11 is 1.74. The summed E-state index contributed by atoms with van der Waals surface area (Å²) in [4.78, 5) is 1.28. The van der Waals surface area contributed by atoms with E-state index in [1.54, 1.807) is 11.3 Å². The molecule has 0 saturated carbocycles. The first kappa shape index (κ1) is 14.3. The molecule has 0 saturated heterocycles. The van der Waals surface area contributed by atoms with E-state index < -0.39 is 0 Å². The van der Waals surface area contributed by atoms with Gasteiger partial charge in [0.15, 0.2) is 0 Å². The molecule has 0 atom stereocenters. The molecule has 1 aromatic carbocycles. The third-order valence-electron chi connectivity index (χ3n) is 2.84. The summed E-state index contributed by atoms with van der Waals surface area (Å²) in [5, 5.41) is 5.50. The number of rotatable bonds is 8. The highest BCUT2D eigenvalue weighted by molar-refractivity contribution is 7.09. The Labute approximate surface area is 119 Å². The first-order chi connectivity index (χ1) is 9.38. The Hall–Kier alpha value is -1.16. The zero-order valence-electron chi connectivity index (χ0n) is 11.4. The van der Waals surface area contributed by atoms with Crippen molar-refractivity contribution in [3.8, 4) is 0 Å². The normalized spacial score (nSPS) is 10.8. The molecule has 0 bridgehead atoms. The van der Waals surface area contributed by atoms with Gasteiger partial charge in [-0.05, 0) is 35.5 Å². The first-order valence-corrected chi connectivity index (χ1v) is 7.65. The molecule has 19 heavy (non-hydrogen) atoms. The maximum absolute atomic E-state index is 5.73. The molecule has 0 amide bonds. The number of benzene rings is 1. The van der Waals surface area contributed by atoms with Gasteiger partial charge in [0.2, 0.25) is 0 Å². The Balaban J connectivity index is 1.78. The van der Waals surface area contributed by atoms with Crippen molar-refractivity contribution >= 4 is 11.3 Å². The van der Waals surface area contributed by atoms with E-state index in [0.29, 0.717) is 13.2 Å². The first-order valence-electron chi connectivity index (χ1n) is 6.77. The van der Waals surface area contributed by atoms with Crippen LogP contribution in [0.15, 0.2) is 41.8 Å². The molecular formula is C16H21NOS. The fourth-order valence-electron chi connectivity index (χ4n) is 1.90. The molecule has 2 aromatic rings. The van der Waals surface area contributed by atoms with E-state index in [9.17, 15) is 0 Å². The van der Waals surface area contributed by atoms with Gasteiger partial charge in [-0.15, -0.1) is 11.3 Å². The van der Waals surface area contributed by atoms with Crippen LogP contribution in [0.1, 0.15) is 29.3 Å². The summed E-state index contributed by atoms with van der Waals surface area (Å²) in [6.45, 7) is 5.57. The molecule has 0 unspecified atom stereocenters. The van der Waals surface area contributed by atoms with Crippen LogP contribution in [-0.4, -0.2) is 6.54 Å². The molecule has 0 spiro atoms. The minimum Gasteiger partial charge on any atom is -0.371 e. The summed E-state index contributed by atoms with van der Waals surface area (Å²) in [7, 11) is 0. The zero-order valence-corrected chi connectivity index (χ0v) is 12.2. The van der Waals surface area contributed by atoms with Gasteiger partial charge in [0, 0.05) is 11.4 Å². The average molecular weight is 275 g/mol. The Morgan fingerprint density at radius 3 is 2.79 bits per heavy atom. The van der Waals surface area contributed by atoms with Crippen LogP contribution in [-0.2, 0) is 24.5 Å². The fraction of sp³-hybridized carbons (Fsp3) is 0.375. The Morgan fingerprint density at radius 1 is 1.11 bits per heavy atom. The van der Waals surface area contributed by atoms with Crippen LogP contribution in [0.25, 0.3) is 0 Å². The number of hydrogen-bond acceptors (Lipinski definition) is 3. The third kappa shape index (κ3) is 5.15. The van der Waals surface area contributed by atoms with E-state index in [0.717, 1.165) is 13.1 Å². The summed E-state index contributed by atoms with van der Waals surface area (Å²) in [5.41, 5.74) is 2.57. The van der Waals surface area contributed by atoms with Gasteiger partial charge in [-0.3, -0.25) is 0 Å². The van der Waals surface area contributed by atoms with Crippen LogP contribution in [0.2, 0.25) is 0 Å². The quantitative estimate of drug-likeness (QED) is 0.736. The number of hydrogen-bond donors (Lipinski definition) is 1. The summed E-state index contributed by atoms with van der Waals surface area (Å²) in [6.07, 6.45) is 1.17. The van der Waals surface area contributed by atoms with Crippen LogP contribution in [0, 0.1) is 0 Å². The smallest absolute Gasteiger partial charge is 0.0813 e. The van der Waals surface area contributed by atoms with Crippen molar-refractivity contribution in [2.75, 3.05) is 6.54 Å². The topological polar surface area (TPSA) is 21.3 Å². The van der Waals surface area contributed by atoms with Crippen LogP contribution in [0.3, 0.4) is 0 Å². The fourth-order valence-corrected chi connectivity index (χ4v) is 2.54. The Morgan fingerprint density at radius 2 is 2.00 bits per heavy atom. The van der Waals surface area contributed by atoms with E-state index in [1.165, 1.54) is 22.4 Å². The van der Waals surface area contributed by atoms with E-state index >= 15 is 0 Å². The number of nitrogens with one attached hydrogen (secondary N) is 1. The van der Waals surface area contributed by atoms with Gasteiger partial charge < -0.3 is 10.1 Å². The van der Waals surface area contributed by atoms with Gasteiger partial charge in [0.25, 0.3) is 0 Å². The lowest BCUT2D eigenvalue weighted by Gasteiger charge is -2.07. The van der Waals surface area contributed by atoms with E-state index in [2.05, 4.69) is 54.0 Å². The minimum atomic E-state index is 0.680. The molecule has 1 aromatic heterocycles. The lowest BCUT2D eigenvalue weighted by molar-refractivity contribution is 0.109. The molecule has 2 nitrogen and oxygen atoms in total. The third-order valence-corrected chi connectivity index (χ3v) is 3.69. The predicted octanol–water partition coefficient (Wildman–Crippen LogP) is 3.96. The lowest BCUT2D eigenvalue weighted by atomic mass is 10.1. The maximum Gasteiger partial charge on any atom is 0.0813 e. The zero-order chi connectivity index (χ0) is 13.3. The van der Waals surface area contributed by atoms with Crippen LogP contribution >= 0.6 is 11.3 Å². The van der Waals surface area contributed by atoms with Crippen molar-refractivity contribution < 1.29 is 4.74 Å². The predicted molar refractivity (Wildman–Crippen MR) is 81.3 cm³/mol. The maximum atomic E-state index is 5.73. The van der Waals surface area contributed by atoms with E-state index in [4.69, 9.17) is 4.74 Å². The van der Waals surface area contributed by atoms with Gasteiger partial charge in [-0.1, -0.05) is 37.3 Å². The number of thiophene rings is 1. The SMILES string of the molecule is CCCNCc1cccc(COCc2cccs2)c1. The summed E-state index contributed by atoms with van der Waals surface area (Å²) < 4.78 is 5.73. The molecule has 0 fully saturated rings. The second-order valence-electron chi connectivity index (χ2n) is 4.57. The largest absolute Gasteiger partial charge is 0.371 e. The second-order valence-corrected chi connectivity index (χ2v) is 5.60. The van der Waals surface area contributed by atoms with Crippen molar-refractivity contribution in [2.45, 2.75) is 33.1 Å². The van der Waals surface area contributed by atoms with E-state index in [1.807, 2.05) is 0 Å². The molecule has 0 aliphatic rings. The van der Waals surface area contributed by atoms with Gasteiger partial charge in [0.1, 0.15) is 0 Å². The molecule has 102 valence electrons. The van der Waals surface area contributed by atoms with E-state index in [-0.39, 0.29) is 0 Å². The highest BCUT2D eigenvalue weighted by Crippen LogP contribution is 2.12. The Bertz CT molecular complexity index is 467. The monoisotopic (exact) mass is 275 g/mol. The summed E-state index contributed by atoms with van der Waals surface area (Å²) in [6, 6.07) is 12.8. The van der Waals surface area contributed by atoms with Crippen molar-refractivity contribution in [1.82, 2.24) is 5.32 Å². The van der Waals surface area contributed by atoms with Crippen molar-refractivity contribution in [3.05, 3.63) is 57.8 Å². The molecule has 2 rings (SSSR count). The highest BCUT2D eigenvalue weighted by atomic mass is 32.1. The molecule has 1 N–H and O–H groups in total. The standard InChI is InChI=1S/C16H21NOS/c1-2-8-17-11-14-5-3-6-15(10-14)12-18-13-16-7-4-9-19-16/h3-7,9-10,17H,2,8,11-13H2,1H3. The van der Waals surface area contributed by atoms with Crippen LogP contribution < -0.4 is 5.32 Å². The van der Waals surface area contributed by atoms with Crippen molar-refractivity contribution in [3.63, 3.8) is 0 Å². The van der Waals surface area contributed by atoms with Gasteiger partial charge in [-0.25, -0.2) is 0 Å². The lowest BCUT2D eigenvalue weighted by Crippen LogP contribution is -2.13. The average Bonchev–Trinajstić information content (AvgIpc) is 2.93. The minimum absolute atomic E-state index is 0.680. The molecule has 0 aliphatic heterocycles. The van der Waals surface area contributed by atoms with Crippen molar-refractivity contribution in [2.24, 2.45) is 0 Å². The molecule has 3 heteroatoms. The van der Waals surface area contributed by atoms with Crippen molar-refractivity contribution in [1.29, 1.82) is 0 Å².